The van der Waals surface area contributed by atoms with Gasteiger partial charge in [-0.1, -0.05) is 23.7 Å². The Morgan fingerprint density at radius 2 is 2.20 bits per heavy atom. The number of nitrogens with one attached hydrogen (secondary N) is 1. The molecule has 6 nitrogen and oxygen atoms in total. The first-order valence-electron chi connectivity index (χ1n) is 7.47. The summed E-state index contributed by atoms with van der Waals surface area (Å²) < 4.78 is 0. The number of hydrogen-bond donors (Lipinski definition) is 1. The van der Waals surface area contributed by atoms with Crippen molar-refractivity contribution < 1.29 is 4.79 Å². The molecule has 0 aliphatic carbocycles. The molecule has 1 aliphatic heterocycles. The molecule has 1 N–H and O–H groups in total. The van der Waals surface area contributed by atoms with E-state index in [0.29, 0.717) is 29.0 Å². The lowest BCUT2D eigenvalue weighted by Crippen LogP contribution is -2.40. The molecular formula is C17H13Cl2N5O. The summed E-state index contributed by atoms with van der Waals surface area (Å²) in [4.78, 5) is 26.0. The maximum absolute atomic E-state index is 12.9. The van der Waals surface area contributed by atoms with E-state index in [0.717, 1.165) is 11.3 Å². The molecule has 0 fully saturated rings. The second-order valence-corrected chi connectivity index (χ2v) is 5.95. The molecule has 3 heterocycles. The molecule has 1 amide bonds. The Balaban J connectivity index is 0.00000182. The molecule has 0 radical (unpaired) electrons. The van der Waals surface area contributed by atoms with Crippen molar-refractivity contribution in [3.8, 4) is 6.07 Å². The van der Waals surface area contributed by atoms with E-state index in [1.54, 1.807) is 30.5 Å². The van der Waals surface area contributed by atoms with Gasteiger partial charge in [0.05, 0.1) is 22.1 Å². The summed E-state index contributed by atoms with van der Waals surface area (Å²) in [5.41, 5.74) is 2.88. The number of nitrogens with zero attached hydrogens (tertiary/aromatic N) is 4. The van der Waals surface area contributed by atoms with Gasteiger partial charge in [0.1, 0.15) is 6.04 Å². The predicted octanol–water partition coefficient (Wildman–Crippen LogP) is 3.30. The van der Waals surface area contributed by atoms with E-state index in [1.165, 1.54) is 4.90 Å². The maximum atomic E-state index is 12.9. The van der Waals surface area contributed by atoms with Gasteiger partial charge in [-0.2, -0.15) is 5.26 Å². The molecule has 2 aromatic heterocycles. The zero-order chi connectivity index (χ0) is 16.7. The van der Waals surface area contributed by atoms with Crippen LogP contribution in [0, 0.1) is 11.3 Å². The highest BCUT2D eigenvalue weighted by molar-refractivity contribution is 6.35. The van der Waals surface area contributed by atoms with Gasteiger partial charge in [-0.3, -0.25) is 9.78 Å². The van der Waals surface area contributed by atoms with Crippen LogP contribution in [0.25, 0.3) is 11.0 Å². The topological polar surface area (TPSA) is 85.7 Å². The number of para-hydroxylation sites is 1. The fourth-order valence-electron chi connectivity index (χ4n) is 3.02. The Labute approximate surface area is 154 Å². The molecule has 8 heteroatoms. The van der Waals surface area contributed by atoms with Crippen LogP contribution in [-0.2, 0) is 6.42 Å². The smallest absolute Gasteiger partial charge is 0.291 e. The number of nitriles is 1. The van der Waals surface area contributed by atoms with Crippen molar-refractivity contribution >= 4 is 40.9 Å². The Morgan fingerprint density at radius 3 is 2.96 bits per heavy atom. The van der Waals surface area contributed by atoms with Crippen LogP contribution in [0.3, 0.4) is 0 Å². The Bertz CT molecular complexity index is 994. The molecule has 3 aromatic rings. The van der Waals surface area contributed by atoms with Crippen LogP contribution in [0.15, 0.2) is 36.5 Å². The van der Waals surface area contributed by atoms with Crippen LogP contribution >= 0.6 is 24.0 Å². The molecule has 1 aliphatic rings. The van der Waals surface area contributed by atoms with E-state index in [9.17, 15) is 10.1 Å². The molecule has 0 spiro atoms. The van der Waals surface area contributed by atoms with E-state index in [2.05, 4.69) is 21.0 Å². The van der Waals surface area contributed by atoms with E-state index in [4.69, 9.17) is 11.6 Å². The monoisotopic (exact) mass is 373 g/mol. The largest absolute Gasteiger partial charge is 0.333 e. The first kappa shape index (κ1) is 17.2. The SMILES string of the molecule is Cl.N#CC1c2cccnc2CCN1C(=O)c1nc2cccc(Cl)c2[nH]1. The van der Waals surface area contributed by atoms with Gasteiger partial charge in [-0.25, -0.2) is 4.98 Å². The minimum Gasteiger partial charge on any atom is -0.333 e. The Hall–Kier alpha value is -2.62. The van der Waals surface area contributed by atoms with Crippen molar-refractivity contribution in [1.29, 1.82) is 5.26 Å². The highest BCUT2D eigenvalue weighted by Gasteiger charge is 2.33. The number of fused-ring (bicyclic) bond motifs is 2. The number of amides is 1. The number of rotatable bonds is 1. The van der Waals surface area contributed by atoms with Crippen molar-refractivity contribution in [2.75, 3.05) is 6.54 Å². The van der Waals surface area contributed by atoms with Gasteiger partial charge in [-0.05, 0) is 18.2 Å². The fourth-order valence-corrected chi connectivity index (χ4v) is 3.24. The van der Waals surface area contributed by atoms with Crippen LogP contribution < -0.4 is 0 Å². The lowest BCUT2D eigenvalue weighted by Gasteiger charge is -2.31. The number of carbonyl (C=O) groups excluding carboxylic acids is 1. The maximum Gasteiger partial charge on any atom is 0.291 e. The van der Waals surface area contributed by atoms with Crippen molar-refractivity contribution in [2.24, 2.45) is 0 Å². The highest BCUT2D eigenvalue weighted by Crippen LogP contribution is 2.29. The molecule has 0 bridgehead atoms. The van der Waals surface area contributed by atoms with Crippen LogP contribution in [0.2, 0.25) is 5.02 Å². The van der Waals surface area contributed by atoms with E-state index in [-0.39, 0.29) is 24.1 Å². The first-order valence-corrected chi connectivity index (χ1v) is 7.85. The first-order chi connectivity index (χ1) is 11.7. The number of halogens is 2. The third kappa shape index (κ3) is 2.82. The molecule has 0 saturated carbocycles. The number of imidazole rings is 1. The molecular weight excluding hydrogens is 361 g/mol. The van der Waals surface area contributed by atoms with Gasteiger partial charge in [0.2, 0.25) is 0 Å². The molecule has 0 saturated heterocycles. The molecule has 126 valence electrons. The highest BCUT2D eigenvalue weighted by atomic mass is 35.5. The van der Waals surface area contributed by atoms with Crippen molar-refractivity contribution in [3.05, 3.63) is 58.6 Å². The summed E-state index contributed by atoms with van der Waals surface area (Å²) in [5.74, 6) is -0.131. The van der Waals surface area contributed by atoms with Gasteiger partial charge < -0.3 is 9.88 Å². The average Bonchev–Trinajstić information content (AvgIpc) is 3.06. The van der Waals surface area contributed by atoms with E-state index < -0.39 is 6.04 Å². The number of pyridine rings is 1. The Morgan fingerprint density at radius 1 is 1.36 bits per heavy atom. The fraction of sp³-hybridized carbons (Fsp3) is 0.176. The molecule has 1 aromatic carbocycles. The summed E-state index contributed by atoms with van der Waals surface area (Å²) in [6.07, 6.45) is 2.31. The summed E-state index contributed by atoms with van der Waals surface area (Å²) in [6.45, 7) is 0.422. The lowest BCUT2D eigenvalue weighted by molar-refractivity contribution is 0.0693. The molecule has 1 unspecified atom stereocenters. The Kier molecular flexibility index (Phi) is 4.62. The summed E-state index contributed by atoms with van der Waals surface area (Å²) in [5, 5.41) is 10.1. The zero-order valence-electron chi connectivity index (χ0n) is 12.9. The lowest BCUT2D eigenvalue weighted by atomic mass is 9.97. The van der Waals surface area contributed by atoms with Crippen LogP contribution in [-0.4, -0.2) is 32.3 Å². The van der Waals surface area contributed by atoms with Crippen LogP contribution in [0.4, 0.5) is 0 Å². The quantitative estimate of drug-likeness (QED) is 0.708. The van der Waals surface area contributed by atoms with Crippen molar-refractivity contribution in [2.45, 2.75) is 12.5 Å². The average molecular weight is 374 g/mol. The normalized spacial score (nSPS) is 16.0. The molecule has 25 heavy (non-hydrogen) atoms. The third-order valence-corrected chi connectivity index (χ3v) is 4.49. The minimum atomic E-state index is -0.668. The zero-order valence-corrected chi connectivity index (χ0v) is 14.5. The van der Waals surface area contributed by atoms with E-state index >= 15 is 0 Å². The number of hydrogen-bond acceptors (Lipinski definition) is 4. The molecule has 1 atom stereocenters. The standard InChI is InChI=1S/C17H12ClN5O.ClH/c18-11-4-1-5-13-15(11)22-16(21-13)17(24)23-8-6-12-10(14(23)9-19)3-2-7-20-12;/h1-5,7,14H,6,8H2,(H,21,22);1H. The van der Waals surface area contributed by atoms with Gasteiger partial charge in [0.15, 0.2) is 5.82 Å². The number of carbonyl (C=O) groups is 1. The third-order valence-electron chi connectivity index (χ3n) is 4.17. The summed E-state index contributed by atoms with van der Waals surface area (Å²) in [6, 6.07) is 10.4. The van der Waals surface area contributed by atoms with Crippen molar-refractivity contribution in [1.82, 2.24) is 19.9 Å². The second-order valence-electron chi connectivity index (χ2n) is 5.54. The minimum absolute atomic E-state index is 0. The van der Waals surface area contributed by atoms with Gasteiger partial charge in [0, 0.05) is 30.4 Å². The second kappa shape index (κ2) is 6.71. The number of aromatic amines is 1. The number of H-pyrrole nitrogens is 1. The van der Waals surface area contributed by atoms with Crippen LogP contribution in [0.5, 0.6) is 0 Å². The van der Waals surface area contributed by atoms with Gasteiger partial charge in [-0.15, -0.1) is 12.4 Å². The summed E-state index contributed by atoms with van der Waals surface area (Å²) >= 11 is 6.13. The summed E-state index contributed by atoms with van der Waals surface area (Å²) in [7, 11) is 0. The predicted molar refractivity (Wildman–Crippen MR) is 95.7 cm³/mol. The number of benzene rings is 1. The van der Waals surface area contributed by atoms with Gasteiger partial charge >= 0.3 is 0 Å². The van der Waals surface area contributed by atoms with Crippen molar-refractivity contribution in [3.63, 3.8) is 0 Å². The van der Waals surface area contributed by atoms with Crippen LogP contribution in [0.1, 0.15) is 27.9 Å². The molecule has 4 rings (SSSR count). The van der Waals surface area contributed by atoms with Gasteiger partial charge in [0.25, 0.3) is 5.91 Å². The van der Waals surface area contributed by atoms with E-state index in [1.807, 2.05) is 6.07 Å². The number of aromatic nitrogens is 3.